The molecule has 0 radical (unpaired) electrons. The number of nitrogens with one attached hydrogen (secondary N) is 1. The van der Waals surface area contributed by atoms with Gasteiger partial charge in [0.05, 0.1) is 6.04 Å². The minimum atomic E-state index is 0.0561. The molecule has 3 rings (SSSR count). The zero-order valence-electron chi connectivity index (χ0n) is 11.6. The highest BCUT2D eigenvalue weighted by atomic mass is 16.5. The van der Waals surface area contributed by atoms with Crippen LogP contribution in [0.5, 0.6) is 5.75 Å². The molecule has 1 aliphatic carbocycles. The highest BCUT2D eigenvalue weighted by molar-refractivity contribution is 5.52. The standard InChI is InChI=1S/C17H17N3O/c18-8-9-21-13-5-3-4-12(10-13)20-17-11-16(19)14-6-1-2-7-15(14)17/h1-7,10,16-17,20H,9,11,19H2. The highest BCUT2D eigenvalue weighted by Gasteiger charge is 2.27. The van der Waals surface area contributed by atoms with Gasteiger partial charge in [0.1, 0.15) is 11.8 Å². The predicted octanol–water partition coefficient (Wildman–Crippen LogP) is 3.15. The van der Waals surface area contributed by atoms with Crippen LogP contribution in [0.15, 0.2) is 48.5 Å². The van der Waals surface area contributed by atoms with Gasteiger partial charge in [-0.05, 0) is 29.7 Å². The summed E-state index contributed by atoms with van der Waals surface area (Å²) in [5.74, 6) is 0.692. The fourth-order valence-corrected chi connectivity index (χ4v) is 2.80. The maximum absolute atomic E-state index is 8.56. The number of nitrogens with two attached hydrogens (primary N) is 1. The van der Waals surface area contributed by atoms with Crippen molar-refractivity contribution in [3.8, 4) is 11.8 Å². The molecule has 2 unspecified atom stereocenters. The fraction of sp³-hybridized carbons (Fsp3) is 0.235. The molecule has 0 aliphatic heterocycles. The Morgan fingerprint density at radius 3 is 2.81 bits per heavy atom. The second kappa shape index (κ2) is 5.86. The lowest BCUT2D eigenvalue weighted by molar-refractivity contribution is 0.368. The second-order valence-corrected chi connectivity index (χ2v) is 5.14. The van der Waals surface area contributed by atoms with Gasteiger partial charge >= 0.3 is 0 Å². The van der Waals surface area contributed by atoms with E-state index in [0.717, 1.165) is 12.1 Å². The van der Waals surface area contributed by atoms with Crippen LogP contribution in [-0.2, 0) is 0 Å². The topological polar surface area (TPSA) is 71.1 Å². The molecule has 0 amide bonds. The van der Waals surface area contributed by atoms with Gasteiger partial charge in [0.25, 0.3) is 0 Å². The summed E-state index contributed by atoms with van der Waals surface area (Å²) in [6.45, 7) is 0.0561. The average molecular weight is 279 g/mol. The number of benzene rings is 2. The van der Waals surface area contributed by atoms with E-state index in [0.29, 0.717) is 5.75 Å². The molecule has 0 aromatic heterocycles. The average Bonchev–Trinajstić information content (AvgIpc) is 2.82. The summed E-state index contributed by atoms with van der Waals surface area (Å²) in [4.78, 5) is 0. The first kappa shape index (κ1) is 13.5. The lowest BCUT2D eigenvalue weighted by Gasteiger charge is -2.16. The number of fused-ring (bicyclic) bond motifs is 1. The number of rotatable bonds is 4. The number of nitriles is 1. The van der Waals surface area contributed by atoms with Crippen molar-refractivity contribution in [3.05, 3.63) is 59.7 Å². The third-order valence-corrected chi connectivity index (χ3v) is 3.74. The third kappa shape index (κ3) is 2.83. The largest absolute Gasteiger partial charge is 0.479 e. The molecule has 0 heterocycles. The SMILES string of the molecule is N#CCOc1cccc(NC2CC(N)c3ccccc32)c1. The van der Waals surface area contributed by atoms with Crippen LogP contribution in [0.3, 0.4) is 0 Å². The third-order valence-electron chi connectivity index (χ3n) is 3.74. The zero-order valence-corrected chi connectivity index (χ0v) is 11.6. The molecule has 0 saturated carbocycles. The Bertz CT molecular complexity index is 678. The van der Waals surface area contributed by atoms with Crippen molar-refractivity contribution in [3.63, 3.8) is 0 Å². The van der Waals surface area contributed by atoms with Crippen LogP contribution in [0.4, 0.5) is 5.69 Å². The first-order valence-corrected chi connectivity index (χ1v) is 6.98. The lowest BCUT2D eigenvalue weighted by atomic mass is 10.1. The van der Waals surface area contributed by atoms with E-state index in [1.807, 2.05) is 42.5 Å². The maximum Gasteiger partial charge on any atom is 0.174 e. The van der Waals surface area contributed by atoms with Gasteiger partial charge in [-0.25, -0.2) is 0 Å². The van der Waals surface area contributed by atoms with Gasteiger partial charge in [0, 0.05) is 17.8 Å². The molecule has 1 aliphatic rings. The van der Waals surface area contributed by atoms with Crippen LogP contribution < -0.4 is 15.8 Å². The summed E-state index contributed by atoms with van der Waals surface area (Å²) >= 11 is 0. The van der Waals surface area contributed by atoms with Crippen LogP contribution >= 0.6 is 0 Å². The Hall–Kier alpha value is -2.51. The van der Waals surface area contributed by atoms with Crippen LogP contribution in [0.1, 0.15) is 29.6 Å². The van der Waals surface area contributed by atoms with Crippen molar-refractivity contribution in [1.29, 1.82) is 5.26 Å². The monoisotopic (exact) mass is 279 g/mol. The van der Waals surface area contributed by atoms with E-state index in [1.54, 1.807) is 0 Å². The van der Waals surface area contributed by atoms with E-state index >= 15 is 0 Å². The molecule has 4 heteroatoms. The molecule has 4 nitrogen and oxygen atoms in total. The lowest BCUT2D eigenvalue weighted by Crippen LogP contribution is -2.10. The van der Waals surface area contributed by atoms with Crippen molar-refractivity contribution >= 4 is 5.69 Å². The molecule has 0 spiro atoms. The van der Waals surface area contributed by atoms with Gasteiger partial charge in [0.2, 0.25) is 0 Å². The Morgan fingerprint density at radius 1 is 1.19 bits per heavy atom. The van der Waals surface area contributed by atoms with Crippen LogP contribution in [-0.4, -0.2) is 6.61 Å². The zero-order chi connectivity index (χ0) is 14.7. The number of anilines is 1. The molecule has 2 aromatic rings. The molecule has 21 heavy (non-hydrogen) atoms. The minimum absolute atomic E-state index is 0.0561. The summed E-state index contributed by atoms with van der Waals surface area (Å²) in [5, 5.41) is 12.1. The van der Waals surface area contributed by atoms with Crippen molar-refractivity contribution in [1.82, 2.24) is 0 Å². The Kier molecular flexibility index (Phi) is 3.76. The summed E-state index contributed by atoms with van der Waals surface area (Å²) in [7, 11) is 0. The second-order valence-electron chi connectivity index (χ2n) is 5.14. The number of nitrogens with zero attached hydrogens (tertiary/aromatic N) is 1. The van der Waals surface area contributed by atoms with Crippen LogP contribution in [0.2, 0.25) is 0 Å². The van der Waals surface area contributed by atoms with Crippen molar-refractivity contribution in [2.24, 2.45) is 5.73 Å². The van der Waals surface area contributed by atoms with Gasteiger partial charge in [-0.2, -0.15) is 5.26 Å². The predicted molar refractivity (Wildman–Crippen MR) is 81.9 cm³/mol. The van der Waals surface area contributed by atoms with Crippen molar-refractivity contribution in [2.75, 3.05) is 11.9 Å². The van der Waals surface area contributed by atoms with Crippen LogP contribution in [0, 0.1) is 11.3 Å². The molecular formula is C17H17N3O. The Balaban J connectivity index is 1.77. The van der Waals surface area contributed by atoms with Gasteiger partial charge in [-0.1, -0.05) is 30.3 Å². The summed E-state index contributed by atoms with van der Waals surface area (Å²) < 4.78 is 5.33. The van der Waals surface area contributed by atoms with Crippen LogP contribution in [0.25, 0.3) is 0 Å². The van der Waals surface area contributed by atoms with E-state index in [-0.39, 0.29) is 18.7 Å². The number of hydrogen-bond donors (Lipinski definition) is 2. The van der Waals surface area contributed by atoms with Gasteiger partial charge in [-0.3, -0.25) is 0 Å². The molecule has 106 valence electrons. The van der Waals surface area contributed by atoms with E-state index in [4.69, 9.17) is 15.7 Å². The van der Waals surface area contributed by atoms with E-state index < -0.39 is 0 Å². The van der Waals surface area contributed by atoms with E-state index in [2.05, 4.69) is 17.4 Å². The molecule has 0 saturated heterocycles. The number of hydrogen-bond acceptors (Lipinski definition) is 4. The summed E-state index contributed by atoms with van der Waals surface area (Å²) in [5.41, 5.74) is 9.63. The number of ether oxygens (including phenoxy) is 1. The Morgan fingerprint density at radius 2 is 2.00 bits per heavy atom. The summed E-state index contributed by atoms with van der Waals surface area (Å²) in [6.07, 6.45) is 0.878. The van der Waals surface area contributed by atoms with Crippen molar-refractivity contribution in [2.45, 2.75) is 18.5 Å². The van der Waals surface area contributed by atoms with Gasteiger partial charge in [0.15, 0.2) is 6.61 Å². The normalized spacial score (nSPS) is 19.6. The first-order chi connectivity index (χ1) is 10.3. The quantitative estimate of drug-likeness (QED) is 0.902. The van der Waals surface area contributed by atoms with Gasteiger partial charge < -0.3 is 15.8 Å². The molecule has 3 N–H and O–H groups in total. The smallest absolute Gasteiger partial charge is 0.174 e. The molecule has 2 aromatic carbocycles. The summed E-state index contributed by atoms with van der Waals surface area (Å²) in [6, 6.07) is 18.2. The molecular weight excluding hydrogens is 262 g/mol. The minimum Gasteiger partial charge on any atom is -0.479 e. The molecule has 2 atom stereocenters. The molecule has 0 bridgehead atoms. The highest BCUT2D eigenvalue weighted by Crippen LogP contribution is 2.39. The van der Waals surface area contributed by atoms with Crippen molar-refractivity contribution < 1.29 is 4.74 Å². The first-order valence-electron chi connectivity index (χ1n) is 6.98. The van der Waals surface area contributed by atoms with E-state index in [9.17, 15) is 0 Å². The van der Waals surface area contributed by atoms with E-state index in [1.165, 1.54) is 11.1 Å². The van der Waals surface area contributed by atoms with Gasteiger partial charge in [-0.15, -0.1) is 0 Å². The fourth-order valence-electron chi connectivity index (χ4n) is 2.80. The Labute approximate surface area is 124 Å². The molecule has 0 fully saturated rings. The maximum atomic E-state index is 8.56.